The maximum atomic E-state index is 13.4. The first-order valence-corrected chi connectivity index (χ1v) is 13.0. The van der Waals surface area contributed by atoms with Crippen LogP contribution in [0.25, 0.3) is 0 Å². The van der Waals surface area contributed by atoms with Gasteiger partial charge in [-0.3, -0.25) is 14.5 Å². The number of fused-ring (bicyclic) bond motifs is 3. The zero-order valence-electron chi connectivity index (χ0n) is 20.6. The quantitative estimate of drug-likeness (QED) is 0.478. The highest BCUT2D eigenvalue weighted by Gasteiger charge is 2.42. The fourth-order valence-electron chi connectivity index (χ4n) is 4.45. The Kier molecular flexibility index (Phi) is 6.74. The van der Waals surface area contributed by atoms with E-state index in [1.165, 1.54) is 11.8 Å². The van der Waals surface area contributed by atoms with Crippen molar-refractivity contribution >= 4 is 46.0 Å². The minimum absolute atomic E-state index is 0.0821. The third-order valence-electron chi connectivity index (χ3n) is 6.44. The molecule has 6 nitrogen and oxygen atoms in total. The number of amidine groups is 2. The van der Waals surface area contributed by atoms with Crippen LogP contribution >= 0.6 is 11.8 Å². The zero-order chi connectivity index (χ0) is 25.2. The van der Waals surface area contributed by atoms with Gasteiger partial charge in [0.15, 0.2) is 5.17 Å². The van der Waals surface area contributed by atoms with Crippen LogP contribution in [0.3, 0.4) is 0 Å². The van der Waals surface area contributed by atoms with Gasteiger partial charge in [0.25, 0.3) is 5.91 Å². The average molecular weight is 497 g/mol. The fraction of sp³-hybridized carbons (Fsp3) is 0.241. The first-order chi connectivity index (χ1) is 17.4. The van der Waals surface area contributed by atoms with Gasteiger partial charge < -0.3 is 5.32 Å². The topological polar surface area (TPSA) is 74.1 Å². The van der Waals surface area contributed by atoms with E-state index in [0.29, 0.717) is 23.8 Å². The number of hydrogen-bond acceptors (Lipinski definition) is 5. The summed E-state index contributed by atoms with van der Waals surface area (Å²) in [4.78, 5) is 37.8. The molecule has 2 aliphatic rings. The second kappa shape index (κ2) is 10.1. The van der Waals surface area contributed by atoms with Gasteiger partial charge in [0, 0.05) is 17.7 Å². The summed E-state index contributed by atoms with van der Waals surface area (Å²) in [7, 11) is 0. The van der Waals surface area contributed by atoms with E-state index in [9.17, 15) is 9.59 Å². The Morgan fingerprint density at radius 1 is 1.03 bits per heavy atom. The molecule has 0 spiro atoms. The third-order valence-corrected chi connectivity index (χ3v) is 7.77. The summed E-state index contributed by atoms with van der Waals surface area (Å²) in [6.07, 6.45) is 1.12. The number of aryl methyl sites for hydroxylation is 2. The van der Waals surface area contributed by atoms with Gasteiger partial charge in [-0.25, -0.2) is 4.99 Å². The molecule has 0 radical (unpaired) electrons. The maximum Gasteiger partial charge on any atom is 0.271 e. The second-order valence-corrected chi connectivity index (χ2v) is 10.3. The Hall–Kier alpha value is -3.71. The summed E-state index contributed by atoms with van der Waals surface area (Å²) < 4.78 is 0. The number of hydrogen-bond donors (Lipinski definition) is 1. The molecule has 36 heavy (non-hydrogen) atoms. The molecular formula is C29H28N4O2S. The summed E-state index contributed by atoms with van der Waals surface area (Å²) in [5.41, 5.74) is 5.56. The average Bonchev–Trinajstić information content (AvgIpc) is 3.21. The van der Waals surface area contributed by atoms with Gasteiger partial charge in [0.1, 0.15) is 11.9 Å². The fourth-order valence-corrected chi connectivity index (χ4v) is 5.52. The van der Waals surface area contributed by atoms with Gasteiger partial charge in [-0.2, -0.15) is 4.99 Å². The first-order valence-electron chi connectivity index (χ1n) is 12.1. The van der Waals surface area contributed by atoms with Gasteiger partial charge in [0.2, 0.25) is 5.91 Å². The van der Waals surface area contributed by atoms with Gasteiger partial charge in [-0.05, 0) is 55.2 Å². The molecule has 1 N–H and O–H groups in total. The van der Waals surface area contributed by atoms with E-state index >= 15 is 0 Å². The van der Waals surface area contributed by atoms with E-state index in [0.717, 1.165) is 33.6 Å². The van der Waals surface area contributed by atoms with Crippen molar-refractivity contribution in [3.05, 3.63) is 95.1 Å². The normalized spacial score (nSPS) is 17.1. The largest absolute Gasteiger partial charge is 0.325 e. The van der Waals surface area contributed by atoms with Crippen LogP contribution in [0.15, 0.2) is 82.8 Å². The molecule has 3 aromatic carbocycles. The highest BCUT2D eigenvalue weighted by molar-refractivity contribution is 8.15. The molecule has 2 aliphatic heterocycles. The SMILES string of the molecule is CCC(SC1=Nc2ccccc2C2=NC(=O)C(Cc3ccccc3)N12)C(=O)Nc1cc(C)ccc1C. The number of aliphatic imine (C=N–C) groups is 2. The van der Waals surface area contributed by atoms with Crippen molar-refractivity contribution in [1.29, 1.82) is 0 Å². The molecule has 2 atom stereocenters. The van der Waals surface area contributed by atoms with Crippen molar-refractivity contribution in [2.75, 3.05) is 5.32 Å². The van der Waals surface area contributed by atoms with E-state index in [2.05, 4.69) is 10.3 Å². The Labute approximate surface area is 215 Å². The van der Waals surface area contributed by atoms with E-state index in [-0.39, 0.29) is 17.1 Å². The predicted molar refractivity (Wildman–Crippen MR) is 147 cm³/mol. The number of para-hydroxylation sites is 1. The van der Waals surface area contributed by atoms with E-state index in [1.54, 1.807) is 0 Å². The molecule has 0 saturated carbocycles. The zero-order valence-corrected chi connectivity index (χ0v) is 21.4. The molecule has 0 aromatic heterocycles. The smallest absolute Gasteiger partial charge is 0.271 e. The monoisotopic (exact) mass is 496 g/mol. The predicted octanol–water partition coefficient (Wildman–Crippen LogP) is 5.66. The highest BCUT2D eigenvalue weighted by Crippen LogP contribution is 2.36. The van der Waals surface area contributed by atoms with Gasteiger partial charge in [-0.1, -0.05) is 73.3 Å². The lowest BCUT2D eigenvalue weighted by atomic mass is 10.0. The van der Waals surface area contributed by atoms with Crippen molar-refractivity contribution in [2.24, 2.45) is 9.98 Å². The maximum absolute atomic E-state index is 13.4. The van der Waals surface area contributed by atoms with E-state index < -0.39 is 6.04 Å². The van der Waals surface area contributed by atoms with Crippen molar-refractivity contribution in [1.82, 2.24) is 4.90 Å². The molecule has 182 valence electrons. The molecule has 7 heteroatoms. The standard InChI is InChI=1S/C29H28N4O2S/c1-4-25(28(35)30-23-16-18(2)14-15-19(23)3)36-29-31-22-13-9-8-12-21(22)26-32-27(34)24(33(26)29)17-20-10-6-5-7-11-20/h5-16,24-25H,4,17H2,1-3H3,(H,30,35). The number of carbonyl (C=O) groups excluding carboxylic acids is 2. The Bertz CT molecular complexity index is 1380. The Morgan fingerprint density at radius 2 is 1.78 bits per heavy atom. The van der Waals surface area contributed by atoms with Crippen molar-refractivity contribution < 1.29 is 9.59 Å². The number of amides is 2. The van der Waals surface area contributed by atoms with Crippen molar-refractivity contribution in [2.45, 2.75) is 44.9 Å². The molecule has 0 fully saturated rings. The summed E-state index contributed by atoms with van der Waals surface area (Å²) in [5.74, 6) is 0.340. The molecule has 5 rings (SSSR count). The van der Waals surface area contributed by atoms with Crippen LogP contribution < -0.4 is 5.32 Å². The molecule has 0 saturated heterocycles. The minimum Gasteiger partial charge on any atom is -0.325 e. The number of thioether (sulfide) groups is 1. The van der Waals surface area contributed by atoms with Crippen LogP contribution in [0.1, 0.15) is 35.6 Å². The molecular weight excluding hydrogens is 468 g/mol. The van der Waals surface area contributed by atoms with Crippen molar-refractivity contribution in [3.63, 3.8) is 0 Å². The van der Waals surface area contributed by atoms with Crippen molar-refractivity contribution in [3.8, 4) is 0 Å². The van der Waals surface area contributed by atoms with Crippen LogP contribution in [-0.4, -0.2) is 39.0 Å². The number of nitrogens with one attached hydrogen (secondary N) is 1. The minimum atomic E-state index is -0.499. The lowest BCUT2D eigenvalue weighted by molar-refractivity contribution is -0.119. The Balaban J connectivity index is 1.46. The highest BCUT2D eigenvalue weighted by atomic mass is 32.2. The van der Waals surface area contributed by atoms with E-state index in [4.69, 9.17) is 4.99 Å². The molecule has 0 bridgehead atoms. The van der Waals surface area contributed by atoms with Crippen LogP contribution in [0, 0.1) is 13.8 Å². The number of anilines is 1. The lowest BCUT2D eigenvalue weighted by Crippen LogP contribution is -2.45. The van der Waals surface area contributed by atoms with Gasteiger partial charge in [0.05, 0.1) is 10.9 Å². The molecule has 2 amide bonds. The van der Waals surface area contributed by atoms with Gasteiger partial charge in [-0.15, -0.1) is 0 Å². The third kappa shape index (κ3) is 4.71. The van der Waals surface area contributed by atoms with Crippen LogP contribution in [0.2, 0.25) is 0 Å². The van der Waals surface area contributed by atoms with E-state index in [1.807, 2.05) is 98.5 Å². The Morgan fingerprint density at radius 3 is 2.56 bits per heavy atom. The molecule has 2 unspecified atom stereocenters. The number of nitrogens with zero attached hydrogens (tertiary/aromatic N) is 3. The van der Waals surface area contributed by atoms with Gasteiger partial charge >= 0.3 is 0 Å². The summed E-state index contributed by atoms with van der Waals surface area (Å²) in [6, 6.07) is 23.2. The molecule has 0 aliphatic carbocycles. The summed E-state index contributed by atoms with van der Waals surface area (Å²) >= 11 is 1.39. The first kappa shape index (κ1) is 24.0. The number of carbonyl (C=O) groups is 2. The van der Waals surface area contributed by atoms with Crippen LogP contribution in [0.4, 0.5) is 11.4 Å². The second-order valence-electron chi connectivity index (χ2n) is 9.08. The summed E-state index contributed by atoms with van der Waals surface area (Å²) in [5, 5.41) is 3.34. The summed E-state index contributed by atoms with van der Waals surface area (Å²) in [6.45, 7) is 5.98. The lowest BCUT2D eigenvalue weighted by Gasteiger charge is -2.32. The number of benzene rings is 3. The van der Waals surface area contributed by atoms with Crippen LogP contribution in [0.5, 0.6) is 0 Å². The molecule has 2 heterocycles. The molecule has 3 aromatic rings. The number of rotatable bonds is 6. The van der Waals surface area contributed by atoms with Crippen LogP contribution in [-0.2, 0) is 16.0 Å².